The van der Waals surface area contributed by atoms with E-state index < -0.39 is 10.0 Å². The van der Waals surface area contributed by atoms with Gasteiger partial charge in [0.05, 0.1) is 28.1 Å². The van der Waals surface area contributed by atoms with E-state index in [2.05, 4.69) is 20.0 Å². The van der Waals surface area contributed by atoms with Gasteiger partial charge >= 0.3 is 0 Å². The number of ether oxygens (including phenoxy) is 1. The van der Waals surface area contributed by atoms with Gasteiger partial charge in [-0.1, -0.05) is 29.8 Å². The summed E-state index contributed by atoms with van der Waals surface area (Å²) in [5, 5.41) is 3.52. The summed E-state index contributed by atoms with van der Waals surface area (Å²) < 4.78 is 34.0. The minimum Gasteiger partial charge on any atom is -0.495 e. The molecule has 3 aromatic carbocycles. The summed E-state index contributed by atoms with van der Waals surface area (Å²) in [6.07, 6.45) is 0. The van der Waals surface area contributed by atoms with Crippen molar-refractivity contribution in [3.8, 4) is 5.75 Å². The first-order chi connectivity index (χ1) is 15.3. The summed E-state index contributed by atoms with van der Waals surface area (Å²) >= 11 is 6.23. The van der Waals surface area contributed by atoms with E-state index in [1.165, 1.54) is 7.11 Å². The molecule has 1 heterocycles. The number of hydrogen-bond acceptors (Lipinski definition) is 6. The number of aryl methyl sites for hydroxylation is 2. The van der Waals surface area contributed by atoms with Crippen molar-refractivity contribution in [3.63, 3.8) is 0 Å². The van der Waals surface area contributed by atoms with Crippen molar-refractivity contribution in [1.82, 2.24) is 9.97 Å². The Morgan fingerprint density at radius 3 is 2.19 bits per heavy atom. The lowest BCUT2D eigenvalue weighted by molar-refractivity contribution is 0.415. The molecule has 0 spiro atoms. The minimum absolute atomic E-state index is 0.0777. The van der Waals surface area contributed by atoms with Crippen molar-refractivity contribution >= 4 is 50.0 Å². The highest BCUT2D eigenvalue weighted by molar-refractivity contribution is 7.92. The maximum Gasteiger partial charge on any atom is 0.263 e. The van der Waals surface area contributed by atoms with Gasteiger partial charge < -0.3 is 10.1 Å². The standard InChI is InChI=1S/C23H21ClN4O3S/c1-14-8-10-17(12-15(14)2)32(29,30)28-23-22(26-19-6-4-5-7-20(19)27-23)25-16-9-11-21(31-3)18(24)13-16/h4-13H,1-3H3,(H,25,26)(H,27,28). The topological polar surface area (TPSA) is 93.2 Å². The molecule has 0 fully saturated rings. The second kappa shape index (κ2) is 8.64. The van der Waals surface area contributed by atoms with Gasteiger partial charge in [-0.05, 0) is 67.4 Å². The highest BCUT2D eigenvalue weighted by Gasteiger charge is 2.20. The molecule has 0 atom stereocenters. The van der Waals surface area contributed by atoms with Crippen LogP contribution in [0.5, 0.6) is 5.75 Å². The fraction of sp³-hybridized carbons (Fsp3) is 0.130. The van der Waals surface area contributed by atoms with Crippen LogP contribution in [0.3, 0.4) is 0 Å². The zero-order valence-electron chi connectivity index (χ0n) is 17.7. The van der Waals surface area contributed by atoms with Crippen LogP contribution in [-0.2, 0) is 10.0 Å². The fourth-order valence-electron chi connectivity index (χ4n) is 3.11. The van der Waals surface area contributed by atoms with Crippen molar-refractivity contribution in [2.24, 2.45) is 0 Å². The largest absolute Gasteiger partial charge is 0.495 e. The second-order valence-electron chi connectivity index (χ2n) is 7.24. The smallest absolute Gasteiger partial charge is 0.263 e. The van der Waals surface area contributed by atoms with Gasteiger partial charge in [0.25, 0.3) is 10.0 Å². The van der Waals surface area contributed by atoms with Crippen LogP contribution in [0.4, 0.5) is 17.3 Å². The molecular formula is C23H21ClN4O3S. The Balaban J connectivity index is 1.77. The number of halogens is 1. The van der Waals surface area contributed by atoms with Crippen LogP contribution in [0.25, 0.3) is 11.0 Å². The Morgan fingerprint density at radius 1 is 0.875 bits per heavy atom. The number of nitrogens with one attached hydrogen (secondary N) is 2. The highest BCUT2D eigenvalue weighted by atomic mass is 35.5. The Morgan fingerprint density at radius 2 is 1.56 bits per heavy atom. The summed E-state index contributed by atoms with van der Waals surface area (Å²) in [5.41, 5.74) is 3.66. The van der Waals surface area contributed by atoms with Crippen LogP contribution in [0, 0.1) is 13.8 Å². The number of sulfonamides is 1. The number of aromatic nitrogens is 2. The molecule has 0 saturated heterocycles. The molecule has 4 rings (SSSR count). The zero-order valence-corrected chi connectivity index (χ0v) is 19.3. The number of hydrogen-bond donors (Lipinski definition) is 2. The Bertz CT molecular complexity index is 1420. The van der Waals surface area contributed by atoms with Crippen LogP contribution in [0.2, 0.25) is 5.02 Å². The van der Waals surface area contributed by atoms with Crippen LogP contribution in [0.1, 0.15) is 11.1 Å². The average molecular weight is 469 g/mol. The van der Waals surface area contributed by atoms with Gasteiger partial charge in [0, 0.05) is 5.69 Å². The van der Waals surface area contributed by atoms with E-state index in [9.17, 15) is 8.42 Å². The van der Waals surface area contributed by atoms with E-state index in [0.29, 0.717) is 27.5 Å². The van der Waals surface area contributed by atoms with E-state index in [0.717, 1.165) is 11.1 Å². The number of methoxy groups -OCH3 is 1. The molecule has 32 heavy (non-hydrogen) atoms. The monoisotopic (exact) mass is 468 g/mol. The Hall–Kier alpha value is -3.36. The van der Waals surface area contributed by atoms with Crippen LogP contribution in [0.15, 0.2) is 65.6 Å². The van der Waals surface area contributed by atoms with Gasteiger partial charge in [-0.3, -0.25) is 4.72 Å². The number of para-hydroxylation sites is 2. The summed E-state index contributed by atoms with van der Waals surface area (Å²) in [5.74, 6) is 0.851. The minimum atomic E-state index is -3.89. The third-order valence-corrected chi connectivity index (χ3v) is 6.64. The van der Waals surface area contributed by atoms with Gasteiger partial charge in [-0.25, -0.2) is 18.4 Å². The number of rotatable bonds is 6. The van der Waals surface area contributed by atoms with Gasteiger partial charge in [0.1, 0.15) is 5.75 Å². The molecule has 0 aliphatic rings. The van der Waals surface area contributed by atoms with E-state index >= 15 is 0 Å². The van der Waals surface area contributed by atoms with Crippen LogP contribution >= 0.6 is 11.6 Å². The number of fused-ring (bicyclic) bond motifs is 1. The molecule has 9 heteroatoms. The second-order valence-corrected chi connectivity index (χ2v) is 9.33. The van der Waals surface area contributed by atoms with Crippen molar-refractivity contribution in [3.05, 3.63) is 76.8 Å². The SMILES string of the molecule is COc1ccc(Nc2nc3ccccc3nc2NS(=O)(=O)c2ccc(C)c(C)c2)cc1Cl. The summed E-state index contributed by atoms with van der Waals surface area (Å²) in [7, 11) is -2.36. The summed E-state index contributed by atoms with van der Waals surface area (Å²) in [6, 6.07) is 17.3. The predicted octanol–water partition coefficient (Wildman–Crippen LogP) is 5.45. The maximum atomic E-state index is 13.1. The maximum absolute atomic E-state index is 13.1. The third kappa shape index (κ3) is 4.46. The molecule has 4 aromatic rings. The summed E-state index contributed by atoms with van der Waals surface area (Å²) in [6.45, 7) is 3.79. The lowest BCUT2D eigenvalue weighted by Gasteiger charge is -2.15. The number of benzene rings is 3. The van der Waals surface area contributed by atoms with Gasteiger partial charge in [0.15, 0.2) is 11.6 Å². The van der Waals surface area contributed by atoms with Crippen molar-refractivity contribution in [1.29, 1.82) is 0 Å². The van der Waals surface area contributed by atoms with Crippen molar-refractivity contribution in [2.45, 2.75) is 18.7 Å². The number of nitrogens with zero attached hydrogens (tertiary/aromatic N) is 2. The van der Waals surface area contributed by atoms with Gasteiger partial charge in [-0.2, -0.15) is 0 Å². The van der Waals surface area contributed by atoms with E-state index in [1.807, 2.05) is 26.0 Å². The van der Waals surface area contributed by atoms with E-state index in [1.54, 1.807) is 48.5 Å². The van der Waals surface area contributed by atoms with E-state index in [4.69, 9.17) is 16.3 Å². The normalized spacial score (nSPS) is 11.4. The molecule has 7 nitrogen and oxygen atoms in total. The predicted molar refractivity (Wildman–Crippen MR) is 128 cm³/mol. The van der Waals surface area contributed by atoms with Crippen molar-refractivity contribution < 1.29 is 13.2 Å². The molecule has 0 unspecified atom stereocenters. The quantitative estimate of drug-likeness (QED) is 0.390. The molecule has 164 valence electrons. The fourth-order valence-corrected chi connectivity index (χ4v) is 4.46. The lowest BCUT2D eigenvalue weighted by Crippen LogP contribution is -2.16. The molecule has 0 saturated carbocycles. The lowest BCUT2D eigenvalue weighted by atomic mass is 10.1. The Labute approximate surface area is 191 Å². The van der Waals surface area contributed by atoms with Crippen LogP contribution < -0.4 is 14.8 Å². The van der Waals surface area contributed by atoms with Crippen molar-refractivity contribution in [2.75, 3.05) is 17.1 Å². The van der Waals surface area contributed by atoms with Gasteiger partial charge in [-0.15, -0.1) is 0 Å². The first kappa shape index (κ1) is 21.9. The van der Waals surface area contributed by atoms with Gasteiger partial charge in [0.2, 0.25) is 0 Å². The average Bonchev–Trinajstić information content (AvgIpc) is 2.76. The molecule has 0 amide bonds. The third-order valence-electron chi connectivity index (χ3n) is 5.00. The molecule has 1 aromatic heterocycles. The molecule has 2 N–H and O–H groups in total. The Kier molecular flexibility index (Phi) is 5.90. The number of anilines is 3. The first-order valence-electron chi connectivity index (χ1n) is 9.74. The zero-order chi connectivity index (χ0) is 22.9. The highest BCUT2D eigenvalue weighted by Crippen LogP contribution is 2.31. The molecule has 0 radical (unpaired) electrons. The molecule has 0 aliphatic carbocycles. The van der Waals surface area contributed by atoms with E-state index in [-0.39, 0.29) is 16.5 Å². The summed E-state index contributed by atoms with van der Waals surface area (Å²) in [4.78, 5) is 9.23. The van der Waals surface area contributed by atoms with Crippen LogP contribution in [-0.4, -0.2) is 25.5 Å². The molecule has 0 bridgehead atoms. The molecular weight excluding hydrogens is 448 g/mol. The molecule has 0 aliphatic heterocycles. The first-order valence-corrected chi connectivity index (χ1v) is 11.6.